The summed E-state index contributed by atoms with van der Waals surface area (Å²) in [6.45, 7) is -0.627. The lowest BCUT2D eigenvalue weighted by Crippen LogP contribution is -2.39. The standard InChI is InChI=1S/C9H11F3N6O2/c1-18(2-5(19)9(10,11)12)3-6-15-8(17-20-6)7-13-4-14-16-7/h4-5,19H,2-3H2,1H3,(H,13,14,16). The molecule has 8 nitrogen and oxygen atoms in total. The lowest BCUT2D eigenvalue weighted by atomic mass is 10.3. The second-order valence-electron chi connectivity index (χ2n) is 4.10. The van der Waals surface area contributed by atoms with Gasteiger partial charge in [0.1, 0.15) is 6.33 Å². The van der Waals surface area contributed by atoms with Crippen LogP contribution in [0.1, 0.15) is 5.89 Å². The Balaban J connectivity index is 1.94. The average molecular weight is 292 g/mol. The molecule has 0 aliphatic rings. The van der Waals surface area contributed by atoms with E-state index >= 15 is 0 Å². The van der Waals surface area contributed by atoms with Gasteiger partial charge in [-0.3, -0.25) is 10.00 Å². The van der Waals surface area contributed by atoms with Crippen molar-refractivity contribution in [3.8, 4) is 11.6 Å². The number of hydrogen-bond donors (Lipinski definition) is 2. The highest BCUT2D eigenvalue weighted by molar-refractivity contribution is 5.39. The number of nitrogens with one attached hydrogen (secondary N) is 1. The van der Waals surface area contributed by atoms with Crippen molar-refractivity contribution in [3.05, 3.63) is 12.2 Å². The molecule has 0 fully saturated rings. The highest BCUT2D eigenvalue weighted by Crippen LogP contribution is 2.20. The van der Waals surface area contributed by atoms with E-state index < -0.39 is 18.8 Å². The molecular formula is C9H11F3N6O2. The van der Waals surface area contributed by atoms with Gasteiger partial charge in [0.15, 0.2) is 11.9 Å². The summed E-state index contributed by atoms with van der Waals surface area (Å²) in [6, 6.07) is 0. The number of aliphatic hydroxyl groups excluding tert-OH is 1. The molecule has 1 atom stereocenters. The van der Waals surface area contributed by atoms with Gasteiger partial charge >= 0.3 is 6.18 Å². The SMILES string of the molecule is CN(Cc1nc(-c2ncn[nH]2)no1)CC(O)C(F)(F)F. The number of aromatic amines is 1. The molecular weight excluding hydrogens is 281 g/mol. The first-order valence-electron chi connectivity index (χ1n) is 5.48. The molecule has 0 spiro atoms. The molecule has 0 saturated heterocycles. The van der Waals surface area contributed by atoms with Crippen molar-refractivity contribution < 1.29 is 22.8 Å². The number of rotatable bonds is 5. The van der Waals surface area contributed by atoms with Crippen molar-refractivity contribution in [1.29, 1.82) is 0 Å². The van der Waals surface area contributed by atoms with Crippen LogP contribution in [0.2, 0.25) is 0 Å². The van der Waals surface area contributed by atoms with E-state index in [2.05, 4.69) is 25.3 Å². The number of hydrogen-bond acceptors (Lipinski definition) is 7. The highest BCUT2D eigenvalue weighted by atomic mass is 19.4. The molecule has 0 radical (unpaired) electrons. The number of H-pyrrole nitrogens is 1. The molecule has 2 aromatic rings. The molecule has 0 aromatic carbocycles. The van der Waals surface area contributed by atoms with E-state index in [1.54, 1.807) is 0 Å². The Kier molecular flexibility index (Phi) is 3.99. The molecule has 2 heterocycles. The molecule has 0 bridgehead atoms. The molecule has 0 amide bonds. The molecule has 20 heavy (non-hydrogen) atoms. The van der Waals surface area contributed by atoms with Crippen LogP contribution in [0.3, 0.4) is 0 Å². The maximum Gasteiger partial charge on any atom is 0.415 e. The van der Waals surface area contributed by atoms with Gasteiger partial charge < -0.3 is 9.63 Å². The number of nitrogens with zero attached hydrogens (tertiary/aromatic N) is 5. The van der Waals surface area contributed by atoms with Crippen LogP contribution >= 0.6 is 0 Å². The number of aromatic nitrogens is 5. The number of alkyl halides is 3. The van der Waals surface area contributed by atoms with Crippen LogP contribution in [-0.4, -0.2) is 61.2 Å². The molecule has 2 rings (SSSR count). The molecule has 2 N–H and O–H groups in total. The predicted molar refractivity (Wildman–Crippen MR) is 58.1 cm³/mol. The minimum absolute atomic E-state index is 0.0335. The van der Waals surface area contributed by atoms with Gasteiger partial charge in [-0.25, -0.2) is 4.98 Å². The van der Waals surface area contributed by atoms with Crippen molar-refractivity contribution in [2.24, 2.45) is 0 Å². The van der Waals surface area contributed by atoms with Crippen LogP contribution in [0.25, 0.3) is 11.6 Å². The molecule has 0 aliphatic heterocycles. The van der Waals surface area contributed by atoms with E-state index in [1.165, 1.54) is 18.3 Å². The van der Waals surface area contributed by atoms with Crippen LogP contribution in [0.4, 0.5) is 13.2 Å². The maximum absolute atomic E-state index is 12.2. The van der Waals surface area contributed by atoms with Crippen molar-refractivity contribution in [2.45, 2.75) is 18.8 Å². The Bertz CT molecular complexity index is 540. The van der Waals surface area contributed by atoms with Crippen LogP contribution in [0.15, 0.2) is 10.9 Å². The van der Waals surface area contributed by atoms with Crippen molar-refractivity contribution in [3.63, 3.8) is 0 Å². The number of likely N-dealkylation sites (N-methyl/N-ethyl adjacent to an activating group) is 1. The lowest BCUT2D eigenvalue weighted by molar-refractivity contribution is -0.207. The first-order chi connectivity index (χ1) is 9.36. The Morgan fingerprint density at radius 2 is 2.25 bits per heavy atom. The first kappa shape index (κ1) is 14.4. The first-order valence-corrected chi connectivity index (χ1v) is 5.48. The van der Waals surface area contributed by atoms with E-state index in [0.717, 1.165) is 0 Å². The van der Waals surface area contributed by atoms with Gasteiger partial charge in [0.05, 0.1) is 6.54 Å². The highest BCUT2D eigenvalue weighted by Gasteiger charge is 2.38. The third kappa shape index (κ3) is 3.51. The van der Waals surface area contributed by atoms with Crippen LogP contribution in [-0.2, 0) is 6.54 Å². The fourth-order valence-electron chi connectivity index (χ4n) is 1.42. The van der Waals surface area contributed by atoms with E-state index in [4.69, 9.17) is 9.63 Å². The maximum atomic E-state index is 12.2. The average Bonchev–Trinajstić information content (AvgIpc) is 2.96. The fraction of sp³-hybridized carbons (Fsp3) is 0.556. The van der Waals surface area contributed by atoms with E-state index in [-0.39, 0.29) is 24.1 Å². The summed E-state index contributed by atoms with van der Waals surface area (Å²) in [5.41, 5.74) is 0. The monoisotopic (exact) mass is 292 g/mol. The van der Waals surface area contributed by atoms with Crippen molar-refractivity contribution >= 4 is 0 Å². The second kappa shape index (κ2) is 5.54. The normalized spacial score (nSPS) is 13.9. The third-order valence-corrected chi connectivity index (χ3v) is 2.36. The minimum Gasteiger partial charge on any atom is -0.382 e. The van der Waals surface area contributed by atoms with Gasteiger partial charge in [0.2, 0.25) is 11.7 Å². The second-order valence-corrected chi connectivity index (χ2v) is 4.10. The Labute approximate surface area is 110 Å². The molecule has 11 heteroatoms. The van der Waals surface area contributed by atoms with Crippen molar-refractivity contribution in [1.82, 2.24) is 30.2 Å². The Morgan fingerprint density at radius 3 is 2.85 bits per heavy atom. The van der Waals surface area contributed by atoms with Crippen LogP contribution < -0.4 is 0 Å². The zero-order valence-electron chi connectivity index (χ0n) is 10.3. The smallest absolute Gasteiger partial charge is 0.382 e. The predicted octanol–water partition coefficient (Wildman–Crippen LogP) is 0.210. The summed E-state index contributed by atoms with van der Waals surface area (Å²) in [6.07, 6.45) is -5.82. The van der Waals surface area contributed by atoms with E-state index in [9.17, 15) is 13.2 Å². The number of halogens is 3. The third-order valence-electron chi connectivity index (χ3n) is 2.36. The largest absolute Gasteiger partial charge is 0.415 e. The van der Waals surface area contributed by atoms with Gasteiger partial charge in [0.25, 0.3) is 0 Å². The Morgan fingerprint density at radius 1 is 1.50 bits per heavy atom. The molecule has 2 aromatic heterocycles. The summed E-state index contributed by atoms with van der Waals surface area (Å²) in [5.74, 6) is 0.550. The van der Waals surface area contributed by atoms with Gasteiger partial charge in [-0.1, -0.05) is 5.16 Å². The quantitative estimate of drug-likeness (QED) is 0.811. The lowest BCUT2D eigenvalue weighted by Gasteiger charge is -2.20. The van der Waals surface area contributed by atoms with Gasteiger partial charge in [-0.15, -0.1) is 0 Å². The van der Waals surface area contributed by atoms with Crippen LogP contribution in [0, 0.1) is 0 Å². The summed E-state index contributed by atoms with van der Waals surface area (Å²) >= 11 is 0. The van der Waals surface area contributed by atoms with Crippen molar-refractivity contribution in [2.75, 3.05) is 13.6 Å². The van der Waals surface area contributed by atoms with Gasteiger partial charge in [-0.05, 0) is 7.05 Å². The molecule has 1 unspecified atom stereocenters. The molecule has 0 saturated carbocycles. The zero-order valence-corrected chi connectivity index (χ0v) is 10.3. The zero-order chi connectivity index (χ0) is 14.8. The topological polar surface area (TPSA) is 104 Å². The van der Waals surface area contributed by atoms with E-state index in [0.29, 0.717) is 0 Å². The Hall–Kier alpha value is -2.01. The summed E-state index contributed by atoms with van der Waals surface area (Å²) in [5, 5.41) is 18.7. The van der Waals surface area contributed by atoms with Crippen LogP contribution in [0.5, 0.6) is 0 Å². The molecule has 0 aliphatic carbocycles. The fourth-order valence-corrected chi connectivity index (χ4v) is 1.42. The van der Waals surface area contributed by atoms with Gasteiger partial charge in [-0.2, -0.15) is 23.3 Å². The minimum atomic E-state index is -4.66. The number of aliphatic hydroxyl groups is 1. The van der Waals surface area contributed by atoms with Gasteiger partial charge in [0, 0.05) is 6.54 Å². The molecule has 110 valence electrons. The summed E-state index contributed by atoms with van der Waals surface area (Å²) in [4.78, 5) is 8.97. The van der Waals surface area contributed by atoms with E-state index in [1.807, 2.05) is 0 Å². The summed E-state index contributed by atoms with van der Waals surface area (Å²) in [7, 11) is 1.40. The summed E-state index contributed by atoms with van der Waals surface area (Å²) < 4.78 is 41.4.